The maximum absolute atomic E-state index is 14.8. The van der Waals surface area contributed by atoms with E-state index in [9.17, 15) is 18.8 Å². The molecular weight excluding hydrogens is 351 g/mol. The summed E-state index contributed by atoms with van der Waals surface area (Å²) >= 11 is 0. The minimum absolute atomic E-state index is 0.201. The normalized spacial score (nSPS) is 28.4. The third-order valence-electron chi connectivity index (χ3n) is 5.49. The zero-order valence-electron chi connectivity index (χ0n) is 15.4. The second kappa shape index (κ2) is 6.60. The SMILES string of the molecule is CC1CN(c2cc3c(cc2F)C(=O)N(C2CCC(=O)NC2=O)C3)CC(C)N1. The molecule has 8 heteroatoms. The number of hydrogen-bond donors (Lipinski definition) is 2. The highest BCUT2D eigenvalue weighted by molar-refractivity contribution is 6.05. The van der Waals surface area contributed by atoms with Crippen LogP contribution in [-0.4, -0.2) is 53.8 Å². The van der Waals surface area contributed by atoms with Crippen LogP contribution < -0.4 is 15.5 Å². The molecule has 1 aromatic rings. The van der Waals surface area contributed by atoms with Gasteiger partial charge in [-0.2, -0.15) is 0 Å². The first-order valence-corrected chi connectivity index (χ1v) is 9.31. The van der Waals surface area contributed by atoms with Crippen LogP contribution >= 0.6 is 0 Å². The van der Waals surface area contributed by atoms with Gasteiger partial charge in [0.1, 0.15) is 11.9 Å². The minimum Gasteiger partial charge on any atom is -0.366 e. The monoisotopic (exact) mass is 374 g/mol. The molecule has 2 saturated heterocycles. The van der Waals surface area contributed by atoms with Crippen molar-refractivity contribution in [1.82, 2.24) is 15.5 Å². The van der Waals surface area contributed by atoms with Gasteiger partial charge in [0, 0.05) is 43.7 Å². The van der Waals surface area contributed by atoms with Crippen molar-refractivity contribution < 1.29 is 18.8 Å². The summed E-state index contributed by atoms with van der Waals surface area (Å²) in [6.45, 7) is 5.74. The molecule has 0 bridgehead atoms. The summed E-state index contributed by atoms with van der Waals surface area (Å²) < 4.78 is 14.8. The number of amides is 3. The summed E-state index contributed by atoms with van der Waals surface area (Å²) in [5.74, 6) is -1.56. The molecule has 7 nitrogen and oxygen atoms in total. The first kappa shape index (κ1) is 17.9. The molecule has 0 spiro atoms. The minimum atomic E-state index is -0.687. The number of halogens is 1. The van der Waals surface area contributed by atoms with E-state index in [0.29, 0.717) is 30.8 Å². The molecule has 2 fully saturated rings. The highest BCUT2D eigenvalue weighted by Crippen LogP contribution is 2.33. The number of benzene rings is 1. The van der Waals surface area contributed by atoms with E-state index < -0.39 is 17.8 Å². The Hall–Kier alpha value is -2.48. The van der Waals surface area contributed by atoms with Crippen molar-refractivity contribution in [3.63, 3.8) is 0 Å². The number of fused-ring (bicyclic) bond motifs is 1. The smallest absolute Gasteiger partial charge is 0.255 e. The van der Waals surface area contributed by atoms with Crippen LogP contribution in [0.3, 0.4) is 0 Å². The van der Waals surface area contributed by atoms with Crippen molar-refractivity contribution in [1.29, 1.82) is 0 Å². The van der Waals surface area contributed by atoms with Gasteiger partial charge in [-0.1, -0.05) is 0 Å². The number of piperazine rings is 1. The van der Waals surface area contributed by atoms with Gasteiger partial charge in [0.05, 0.1) is 5.69 Å². The second-order valence-corrected chi connectivity index (χ2v) is 7.73. The lowest BCUT2D eigenvalue weighted by molar-refractivity contribution is -0.136. The maximum atomic E-state index is 14.8. The molecule has 0 aliphatic carbocycles. The highest BCUT2D eigenvalue weighted by atomic mass is 19.1. The van der Waals surface area contributed by atoms with E-state index in [0.717, 1.165) is 5.56 Å². The summed E-state index contributed by atoms with van der Waals surface area (Å²) in [7, 11) is 0. The average molecular weight is 374 g/mol. The van der Waals surface area contributed by atoms with E-state index in [4.69, 9.17) is 0 Å². The predicted octanol–water partition coefficient (Wildman–Crippen LogP) is 0.773. The molecular formula is C19H23FN4O3. The van der Waals surface area contributed by atoms with E-state index in [-0.39, 0.29) is 36.9 Å². The van der Waals surface area contributed by atoms with E-state index in [1.807, 2.05) is 4.90 Å². The maximum Gasteiger partial charge on any atom is 0.255 e. The molecule has 0 saturated carbocycles. The summed E-state index contributed by atoms with van der Waals surface area (Å²) in [5.41, 5.74) is 1.52. The van der Waals surface area contributed by atoms with E-state index in [1.54, 1.807) is 6.07 Å². The number of piperidine rings is 1. The zero-order chi connectivity index (χ0) is 19.3. The van der Waals surface area contributed by atoms with Gasteiger partial charge >= 0.3 is 0 Å². The van der Waals surface area contributed by atoms with Gasteiger partial charge in [-0.05, 0) is 38.0 Å². The molecule has 1 aromatic carbocycles. The first-order chi connectivity index (χ1) is 12.8. The van der Waals surface area contributed by atoms with Crippen molar-refractivity contribution in [2.45, 2.75) is 51.4 Å². The van der Waals surface area contributed by atoms with Crippen LogP contribution in [0.25, 0.3) is 0 Å². The Kier molecular flexibility index (Phi) is 4.38. The van der Waals surface area contributed by atoms with Crippen LogP contribution in [0, 0.1) is 5.82 Å². The van der Waals surface area contributed by atoms with E-state index >= 15 is 0 Å². The quantitative estimate of drug-likeness (QED) is 0.748. The highest BCUT2D eigenvalue weighted by Gasteiger charge is 2.40. The van der Waals surface area contributed by atoms with Gasteiger partial charge < -0.3 is 15.1 Å². The number of nitrogens with one attached hydrogen (secondary N) is 2. The topological polar surface area (TPSA) is 81.8 Å². The molecule has 0 radical (unpaired) electrons. The molecule has 3 aliphatic heterocycles. The molecule has 3 unspecified atom stereocenters. The van der Waals surface area contributed by atoms with Gasteiger partial charge in [0.15, 0.2) is 0 Å². The molecule has 3 heterocycles. The number of rotatable bonds is 2. The Balaban J connectivity index is 1.60. The van der Waals surface area contributed by atoms with Crippen molar-refractivity contribution in [2.24, 2.45) is 0 Å². The summed E-state index contributed by atoms with van der Waals surface area (Å²) in [6.07, 6.45) is 0.499. The second-order valence-electron chi connectivity index (χ2n) is 7.73. The lowest BCUT2D eigenvalue weighted by Gasteiger charge is -2.38. The molecule has 2 N–H and O–H groups in total. The van der Waals surface area contributed by atoms with Gasteiger partial charge in [0.2, 0.25) is 11.8 Å². The Labute approximate surface area is 156 Å². The van der Waals surface area contributed by atoms with Crippen molar-refractivity contribution in [3.05, 3.63) is 29.1 Å². The van der Waals surface area contributed by atoms with E-state index in [1.165, 1.54) is 11.0 Å². The molecule has 4 rings (SSSR count). The van der Waals surface area contributed by atoms with Gasteiger partial charge in [0.25, 0.3) is 5.91 Å². The Morgan fingerprint density at radius 2 is 1.81 bits per heavy atom. The van der Waals surface area contributed by atoms with Crippen LogP contribution in [0.1, 0.15) is 42.6 Å². The number of hydrogen-bond acceptors (Lipinski definition) is 5. The molecule has 0 aromatic heterocycles. The molecule has 27 heavy (non-hydrogen) atoms. The van der Waals surface area contributed by atoms with Crippen LogP contribution in [-0.2, 0) is 16.1 Å². The lowest BCUT2D eigenvalue weighted by atomic mass is 10.0. The number of carbonyl (C=O) groups is 3. The van der Waals surface area contributed by atoms with Crippen molar-refractivity contribution >= 4 is 23.4 Å². The fourth-order valence-corrected chi connectivity index (χ4v) is 4.34. The van der Waals surface area contributed by atoms with Crippen LogP contribution in [0.4, 0.5) is 10.1 Å². The third-order valence-corrected chi connectivity index (χ3v) is 5.49. The zero-order valence-corrected chi connectivity index (χ0v) is 15.4. The summed E-state index contributed by atoms with van der Waals surface area (Å²) in [4.78, 5) is 39.7. The van der Waals surface area contributed by atoms with Crippen LogP contribution in [0.2, 0.25) is 0 Å². The Morgan fingerprint density at radius 3 is 2.48 bits per heavy atom. The van der Waals surface area contributed by atoms with Crippen molar-refractivity contribution in [2.75, 3.05) is 18.0 Å². The molecule has 144 valence electrons. The molecule has 3 amide bonds. The third kappa shape index (κ3) is 3.18. The standard InChI is InChI=1S/C19H23FN4O3/c1-10-7-23(8-11(2)21-10)16-5-12-9-24(19(27)13(12)6-14(16)20)15-3-4-17(25)22-18(15)26/h5-6,10-11,15,21H,3-4,7-9H2,1-2H3,(H,22,25,26). The Bertz CT molecular complexity index is 817. The first-order valence-electron chi connectivity index (χ1n) is 9.31. The fourth-order valence-electron chi connectivity index (χ4n) is 4.34. The van der Waals surface area contributed by atoms with Gasteiger partial charge in [-0.15, -0.1) is 0 Å². The molecule has 3 aliphatic rings. The fraction of sp³-hybridized carbons (Fsp3) is 0.526. The number of carbonyl (C=O) groups excluding carboxylic acids is 3. The van der Waals surface area contributed by atoms with Crippen molar-refractivity contribution in [3.8, 4) is 0 Å². The van der Waals surface area contributed by atoms with E-state index in [2.05, 4.69) is 24.5 Å². The summed E-state index contributed by atoms with van der Waals surface area (Å²) in [6, 6.07) is 2.81. The lowest BCUT2D eigenvalue weighted by Crippen LogP contribution is -2.54. The number of nitrogens with zero attached hydrogens (tertiary/aromatic N) is 2. The Morgan fingerprint density at radius 1 is 1.11 bits per heavy atom. The van der Waals surface area contributed by atoms with Gasteiger partial charge in [-0.3, -0.25) is 19.7 Å². The largest absolute Gasteiger partial charge is 0.366 e. The van der Waals surface area contributed by atoms with Crippen LogP contribution in [0.15, 0.2) is 12.1 Å². The number of imide groups is 1. The van der Waals surface area contributed by atoms with Crippen LogP contribution in [0.5, 0.6) is 0 Å². The average Bonchev–Trinajstić information content (AvgIpc) is 2.89. The molecule has 3 atom stereocenters. The summed E-state index contributed by atoms with van der Waals surface area (Å²) in [5, 5.41) is 5.69. The predicted molar refractivity (Wildman–Crippen MR) is 96.7 cm³/mol. The number of anilines is 1. The van der Waals surface area contributed by atoms with Gasteiger partial charge in [-0.25, -0.2) is 4.39 Å².